The molecule has 0 bridgehead atoms. The second-order valence-corrected chi connectivity index (χ2v) is 8.05. The molecule has 0 N–H and O–H groups in total. The Morgan fingerprint density at radius 2 is 1.91 bits per heavy atom. The lowest BCUT2D eigenvalue weighted by Gasteiger charge is -2.55. The zero-order chi connectivity index (χ0) is 15.5. The zero-order valence-corrected chi connectivity index (χ0v) is 13.2. The Hall–Kier alpha value is -1.43. The molecule has 4 aliphatic rings. The van der Waals surface area contributed by atoms with Gasteiger partial charge in [-0.25, -0.2) is 0 Å². The molecule has 0 radical (unpaired) electrons. The third-order valence-corrected chi connectivity index (χ3v) is 7.40. The lowest BCUT2D eigenvalue weighted by atomic mass is 9.47. The number of hydrogen-bond acceptors (Lipinski definition) is 3. The number of nitrogens with zero attached hydrogens (tertiary/aromatic N) is 1. The molecule has 22 heavy (non-hydrogen) atoms. The quantitative estimate of drug-likeness (QED) is 0.686. The van der Waals surface area contributed by atoms with Crippen LogP contribution in [0.2, 0.25) is 0 Å². The van der Waals surface area contributed by atoms with Crippen LogP contribution in [0.1, 0.15) is 58.3 Å². The Labute approximate surface area is 131 Å². The van der Waals surface area contributed by atoms with Crippen molar-refractivity contribution < 1.29 is 9.59 Å². The van der Waals surface area contributed by atoms with Crippen molar-refractivity contribution in [3.8, 4) is 6.07 Å². The van der Waals surface area contributed by atoms with Gasteiger partial charge in [0.2, 0.25) is 0 Å². The highest BCUT2D eigenvalue weighted by Gasteiger charge is 2.60. The van der Waals surface area contributed by atoms with E-state index in [1.807, 2.05) is 0 Å². The van der Waals surface area contributed by atoms with Crippen molar-refractivity contribution in [2.75, 3.05) is 0 Å². The molecule has 0 aromatic rings. The summed E-state index contributed by atoms with van der Waals surface area (Å²) in [6.45, 7) is 2.16. The molecule has 3 fully saturated rings. The highest BCUT2D eigenvalue weighted by molar-refractivity contribution is 5.92. The van der Waals surface area contributed by atoms with Crippen molar-refractivity contribution in [3.05, 3.63) is 11.6 Å². The van der Waals surface area contributed by atoms with Gasteiger partial charge >= 0.3 is 0 Å². The summed E-state index contributed by atoms with van der Waals surface area (Å²) in [4.78, 5) is 24.1. The first-order valence-electron chi connectivity index (χ1n) is 8.70. The lowest BCUT2D eigenvalue weighted by molar-refractivity contribution is -0.131. The van der Waals surface area contributed by atoms with Crippen molar-refractivity contribution in [1.29, 1.82) is 5.26 Å². The van der Waals surface area contributed by atoms with Gasteiger partial charge in [0.1, 0.15) is 5.78 Å². The SMILES string of the molecule is C[C@]12CC[C@H]3[C@@H](CCC4=CC(=O)CC[C@@]43C#N)[C@@H]1CCC2=O. The summed E-state index contributed by atoms with van der Waals surface area (Å²) in [5, 5.41) is 9.99. The number of ketones is 2. The first-order chi connectivity index (χ1) is 10.5. The van der Waals surface area contributed by atoms with Crippen LogP contribution in [-0.4, -0.2) is 11.6 Å². The predicted molar refractivity (Wildman–Crippen MR) is 81.7 cm³/mol. The van der Waals surface area contributed by atoms with Crippen LogP contribution in [-0.2, 0) is 9.59 Å². The second-order valence-electron chi connectivity index (χ2n) is 8.05. The molecule has 0 aliphatic heterocycles. The van der Waals surface area contributed by atoms with Gasteiger partial charge in [0.15, 0.2) is 5.78 Å². The molecule has 0 aromatic heterocycles. The molecule has 3 nitrogen and oxygen atoms in total. The molecular formula is C19H23NO2. The van der Waals surface area contributed by atoms with Crippen molar-refractivity contribution in [1.82, 2.24) is 0 Å². The van der Waals surface area contributed by atoms with E-state index >= 15 is 0 Å². The molecule has 4 aliphatic carbocycles. The predicted octanol–water partition coefficient (Wildman–Crippen LogP) is 3.59. The van der Waals surface area contributed by atoms with Gasteiger partial charge in [0, 0.05) is 18.3 Å². The first kappa shape index (κ1) is 14.2. The number of carbonyl (C=O) groups is 2. The van der Waals surface area contributed by atoms with Gasteiger partial charge in [-0.15, -0.1) is 0 Å². The van der Waals surface area contributed by atoms with E-state index in [0.717, 1.165) is 44.1 Å². The second kappa shape index (κ2) is 4.54. The fourth-order valence-electron chi connectivity index (χ4n) is 6.20. The van der Waals surface area contributed by atoms with Crippen LogP contribution < -0.4 is 0 Å². The topological polar surface area (TPSA) is 57.9 Å². The van der Waals surface area contributed by atoms with Crippen LogP contribution in [0.25, 0.3) is 0 Å². The number of carbonyl (C=O) groups excluding carboxylic acids is 2. The van der Waals surface area contributed by atoms with Gasteiger partial charge in [-0.2, -0.15) is 5.26 Å². The van der Waals surface area contributed by atoms with E-state index in [1.54, 1.807) is 6.08 Å². The van der Waals surface area contributed by atoms with Gasteiger partial charge in [-0.3, -0.25) is 9.59 Å². The number of hydrogen-bond donors (Lipinski definition) is 0. The molecule has 0 aromatic carbocycles. The number of fused-ring (bicyclic) bond motifs is 5. The van der Waals surface area contributed by atoms with Crippen LogP contribution >= 0.6 is 0 Å². The first-order valence-corrected chi connectivity index (χ1v) is 8.70. The van der Waals surface area contributed by atoms with E-state index in [-0.39, 0.29) is 11.2 Å². The molecule has 0 spiro atoms. The van der Waals surface area contributed by atoms with Crippen molar-refractivity contribution in [2.24, 2.45) is 28.6 Å². The van der Waals surface area contributed by atoms with Crippen molar-refractivity contribution >= 4 is 11.6 Å². The molecule has 3 saturated carbocycles. The van der Waals surface area contributed by atoms with Gasteiger partial charge in [0.05, 0.1) is 11.5 Å². The van der Waals surface area contributed by atoms with Crippen LogP contribution in [0.5, 0.6) is 0 Å². The van der Waals surface area contributed by atoms with E-state index in [2.05, 4.69) is 13.0 Å². The Balaban J connectivity index is 1.75. The largest absolute Gasteiger partial charge is 0.299 e. The molecule has 0 amide bonds. The zero-order valence-electron chi connectivity index (χ0n) is 13.2. The minimum absolute atomic E-state index is 0.135. The third-order valence-electron chi connectivity index (χ3n) is 7.40. The molecule has 5 atom stereocenters. The number of rotatable bonds is 0. The maximum atomic E-state index is 12.4. The van der Waals surface area contributed by atoms with Crippen LogP contribution in [0, 0.1) is 39.9 Å². The highest BCUT2D eigenvalue weighted by atomic mass is 16.1. The summed E-state index contributed by atoms with van der Waals surface area (Å²) >= 11 is 0. The number of allylic oxidation sites excluding steroid dienone is 1. The minimum Gasteiger partial charge on any atom is -0.299 e. The summed E-state index contributed by atoms with van der Waals surface area (Å²) in [6, 6.07) is 2.64. The van der Waals surface area contributed by atoms with E-state index in [1.165, 1.54) is 0 Å². The van der Waals surface area contributed by atoms with E-state index < -0.39 is 5.41 Å². The van der Waals surface area contributed by atoms with Crippen LogP contribution in [0.3, 0.4) is 0 Å². The van der Waals surface area contributed by atoms with Crippen molar-refractivity contribution in [3.63, 3.8) is 0 Å². The standard InChI is InChI=1S/C19H23NO2/c1-18-8-7-16-14(15(18)4-5-17(18)22)3-2-12-10-13(21)6-9-19(12,16)11-20/h10,14-16H,2-9H2,1H3/t14-,15-,16-,18-,19+/m0/s1. The Morgan fingerprint density at radius 1 is 1.09 bits per heavy atom. The maximum Gasteiger partial charge on any atom is 0.155 e. The molecule has 0 heterocycles. The van der Waals surface area contributed by atoms with Gasteiger partial charge in [0.25, 0.3) is 0 Å². The third kappa shape index (κ3) is 1.62. The highest BCUT2D eigenvalue weighted by Crippen LogP contribution is 2.64. The monoisotopic (exact) mass is 297 g/mol. The van der Waals surface area contributed by atoms with Gasteiger partial charge in [-0.05, 0) is 67.9 Å². The van der Waals surface area contributed by atoms with E-state index in [9.17, 15) is 14.9 Å². The van der Waals surface area contributed by atoms with Crippen LogP contribution in [0.15, 0.2) is 11.6 Å². The molecule has 0 unspecified atom stereocenters. The molecule has 3 heteroatoms. The average Bonchev–Trinajstić information content (AvgIpc) is 2.82. The Morgan fingerprint density at radius 3 is 2.68 bits per heavy atom. The smallest absolute Gasteiger partial charge is 0.155 e. The molecule has 0 saturated heterocycles. The Kier molecular flexibility index (Phi) is 2.92. The Bertz CT molecular complexity index is 628. The maximum absolute atomic E-state index is 12.4. The summed E-state index contributed by atoms with van der Waals surface area (Å²) in [6.07, 6.45) is 8.57. The van der Waals surface area contributed by atoms with Crippen LogP contribution in [0.4, 0.5) is 0 Å². The summed E-state index contributed by atoms with van der Waals surface area (Å²) in [5.74, 6) is 1.95. The van der Waals surface area contributed by atoms with E-state index in [4.69, 9.17) is 0 Å². The fraction of sp³-hybridized carbons (Fsp3) is 0.737. The normalized spacial score (nSPS) is 47.1. The summed E-state index contributed by atoms with van der Waals surface area (Å²) in [7, 11) is 0. The molecular weight excluding hydrogens is 274 g/mol. The van der Waals surface area contributed by atoms with Crippen molar-refractivity contribution in [2.45, 2.75) is 58.3 Å². The van der Waals surface area contributed by atoms with Gasteiger partial charge in [-0.1, -0.05) is 6.92 Å². The average molecular weight is 297 g/mol. The van der Waals surface area contributed by atoms with E-state index in [0.29, 0.717) is 36.4 Å². The lowest BCUT2D eigenvalue weighted by Crippen LogP contribution is -2.51. The van der Waals surface area contributed by atoms with Gasteiger partial charge < -0.3 is 0 Å². The molecule has 116 valence electrons. The fourth-order valence-corrected chi connectivity index (χ4v) is 6.20. The summed E-state index contributed by atoms with van der Waals surface area (Å²) < 4.78 is 0. The summed E-state index contributed by atoms with van der Waals surface area (Å²) in [5.41, 5.74) is 0.549. The minimum atomic E-state index is -0.413. The molecule has 4 rings (SSSR count). The number of Topliss-reactive ketones (excluding diaryl/α,β-unsaturated/α-hetero) is 1. The number of nitriles is 1.